The molecule has 2 saturated carbocycles. The van der Waals surface area contributed by atoms with Crippen LogP contribution in [0.2, 0.25) is 0 Å². The van der Waals surface area contributed by atoms with Crippen molar-refractivity contribution in [2.75, 3.05) is 13.6 Å². The zero-order valence-corrected chi connectivity index (χ0v) is 10.8. The van der Waals surface area contributed by atoms with Crippen LogP contribution in [-0.4, -0.2) is 28.4 Å². The first-order valence-corrected chi connectivity index (χ1v) is 6.71. The van der Waals surface area contributed by atoms with E-state index in [2.05, 4.69) is 22.4 Å². The Bertz CT molecular complexity index is 400. The molecule has 2 bridgehead atoms. The van der Waals surface area contributed by atoms with E-state index in [1.54, 1.807) is 6.33 Å². The molecule has 0 spiro atoms. The average molecular weight is 234 g/mol. The van der Waals surface area contributed by atoms with E-state index in [0.29, 0.717) is 5.41 Å². The summed E-state index contributed by atoms with van der Waals surface area (Å²) in [5.41, 5.74) is 0.443. The minimum Gasteiger partial charge on any atom is -0.319 e. The molecule has 3 rings (SSSR count). The van der Waals surface area contributed by atoms with E-state index in [9.17, 15) is 0 Å². The number of fused-ring (bicyclic) bond motifs is 2. The van der Waals surface area contributed by atoms with Gasteiger partial charge in [-0.25, -0.2) is 4.98 Å². The van der Waals surface area contributed by atoms with Crippen LogP contribution in [-0.2, 0) is 13.5 Å². The molecule has 1 aromatic rings. The largest absolute Gasteiger partial charge is 0.319 e. The topological polar surface area (TPSA) is 42.7 Å². The zero-order chi connectivity index (χ0) is 11.9. The maximum absolute atomic E-state index is 4.41. The molecule has 0 amide bonds. The molecular weight excluding hydrogens is 212 g/mol. The molecule has 1 heterocycles. The third-order valence-electron chi connectivity index (χ3n) is 4.95. The summed E-state index contributed by atoms with van der Waals surface area (Å²) in [5, 5.41) is 7.61. The molecular formula is C13H22N4. The Hall–Kier alpha value is -0.900. The van der Waals surface area contributed by atoms with Gasteiger partial charge in [-0.3, -0.25) is 4.68 Å². The van der Waals surface area contributed by atoms with Crippen LogP contribution in [0.1, 0.15) is 31.5 Å². The Morgan fingerprint density at radius 2 is 2.41 bits per heavy atom. The first-order chi connectivity index (χ1) is 8.23. The van der Waals surface area contributed by atoms with Gasteiger partial charge in [-0.1, -0.05) is 6.42 Å². The summed E-state index contributed by atoms with van der Waals surface area (Å²) in [7, 11) is 4.08. The van der Waals surface area contributed by atoms with E-state index in [0.717, 1.165) is 30.6 Å². The van der Waals surface area contributed by atoms with Gasteiger partial charge in [0.05, 0.1) is 0 Å². The highest BCUT2D eigenvalue weighted by Crippen LogP contribution is 2.56. The fraction of sp³-hybridized carbons (Fsp3) is 0.846. The van der Waals surface area contributed by atoms with E-state index in [1.807, 2.05) is 11.7 Å². The van der Waals surface area contributed by atoms with Gasteiger partial charge in [0.2, 0.25) is 0 Å². The third kappa shape index (κ3) is 1.79. The van der Waals surface area contributed by atoms with E-state index in [4.69, 9.17) is 0 Å². The predicted molar refractivity (Wildman–Crippen MR) is 66.5 cm³/mol. The summed E-state index contributed by atoms with van der Waals surface area (Å²) >= 11 is 0. The molecule has 2 fully saturated rings. The van der Waals surface area contributed by atoms with Crippen LogP contribution < -0.4 is 5.32 Å². The van der Waals surface area contributed by atoms with Crippen molar-refractivity contribution < 1.29 is 0 Å². The zero-order valence-electron chi connectivity index (χ0n) is 10.8. The van der Waals surface area contributed by atoms with Crippen LogP contribution >= 0.6 is 0 Å². The van der Waals surface area contributed by atoms with Crippen LogP contribution in [0.25, 0.3) is 0 Å². The smallest absolute Gasteiger partial charge is 0.138 e. The second-order valence-electron chi connectivity index (χ2n) is 5.95. The molecule has 94 valence electrons. The number of nitrogens with one attached hydrogen (secondary N) is 1. The quantitative estimate of drug-likeness (QED) is 0.856. The van der Waals surface area contributed by atoms with E-state index in [1.165, 1.54) is 25.7 Å². The van der Waals surface area contributed by atoms with Crippen LogP contribution in [0.15, 0.2) is 6.33 Å². The lowest BCUT2D eigenvalue weighted by molar-refractivity contribution is 0.155. The maximum atomic E-state index is 4.41. The van der Waals surface area contributed by atoms with Gasteiger partial charge in [-0.2, -0.15) is 5.10 Å². The fourth-order valence-electron chi connectivity index (χ4n) is 4.20. The Morgan fingerprint density at radius 3 is 2.94 bits per heavy atom. The molecule has 3 unspecified atom stereocenters. The van der Waals surface area contributed by atoms with Crippen LogP contribution in [0, 0.1) is 17.3 Å². The molecule has 0 aliphatic heterocycles. The predicted octanol–water partition coefficient (Wildman–Crippen LogP) is 1.38. The van der Waals surface area contributed by atoms with Crippen molar-refractivity contribution in [3.05, 3.63) is 12.2 Å². The molecule has 0 aromatic carbocycles. The fourth-order valence-corrected chi connectivity index (χ4v) is 4.20. The summed E-state index contributed by atoms with van der Waals surface area (Å²) in [5.74, 6) is 3.02. The molecule has 4 nitrogen and oxygen atoms in total. The summed E-state index contributed by atoms with van der Waals surface area (Å²) < 4.78 is 1.93. The monoisotopic (exact) mass is 234 g/mol. The molecule has 3 atom stereocenters. The number of aryl methyl sites for hydroxylation is 1. The van der Waals surface area contributed by atoms with E-state index >= 15 is 0 Å². The lowest BCUT2D eigenvalue weighted by atomic mass is 9.70. The Morgan fingerprint density at radius 1 is 1.53 bits per heavy atom. The standard InChI is InChI=1S/C13H22N4/c1-14-8-13(6-10-3-4-11(13)5-10)7-12-15-9-16-17(12)2/h9-11,14H,3-8H2,1-2H3. The Labute approximate surface area is 103 Å². The van der Waals surface area contributed by atoms with Crippen molar-refractivity contribution in [3.8, 4) is 0 Å². The Kier molecular flexibility index (Phi) is 2.69. The van der Waals surface area contributed by atoms with Crippen molar-refractivity contribution in [2.24, 2.45) is 24.3 Å². The van der Waals surface area contributed by atoms with Gasteiger partial charge in [0.25, 0.3) is 0 Å². The number of rotatable bonds is 4. The highest BCUT2D eigenvalue weighted by molar-refractivity contribution is 5.06. The van der Waals surface area contributed by atoms with Crippen LogP contribution in [0.5, 0.6) is 0 Å². The maximum Gasteiger partial charge on any atom is 0.138 e. The average Bonchev–Trinajstić information content (AvgIpc) is 2.97. The van der Waals surface area contributed by atoms with Crippen molar-refractivity contribution in [1.82, 2.24) is 20.1 Å². The first-order valence-electron chi connectivity index (χ1n) is 6.71. The van der Waals surface area contributed by atoms with Crippen molar-refractivity contribution in [3.63, 3.8) is 0 Å². The summed E-state index contributed by atoms with van der Waals surface area (Å²) in [6.07, 6.45) is 8.46. The number of hydrogen-bond donors (Lipinski definition) is 1. The van der Waals surface area contributed by atoms with Gasteiger partial charge < -0.3 is 5.32 Å². The molecule has 4 heteroatoms. The second kappa shape index (κ2) is 4.09. The molecule has 0 radical (unpaired) electrons. The molecule has 2 aliphatic rings. The normalized spacial score (nSPS) is 35.6. The van der Waals surface area contributed by atoms with Gasteiger partial charge >= 0.3 is 0 Å². The van der Waals surface area contributed by atoms with Gasteiger partial charge in [0.1, 0.15) is 12.2 Å². The van der Waals surface area contributed by atoms with Gasteiger partial charge in [0.15, 0.2) is 0 Å². The molecule has 1 aromatic heterocycles. The minimum atomic E-state index is 0.443. The Balaban J connectivity index is 1.83. The summed E-state index contributed by atoms with van der Waals surface area (Å²) in [4.78, 5) is 4.41. The highest BCUT2D eigenvalue weighted by Gasteiger charge is 2.50. The van der Waals surface area contributed by atoms with E-state index in [-0.39, 0.29) is 0 Å². The highest BCUT2D eigenvalue weighted by atomic mass is 15.3. The van der Waals surface area contributed by atoms with Crippen molar-refractivity contribution in [1.29, 1.82) is 0 Å². The summed E-state index contributed by atoms with van der Waals surface area (Å²) in [6, 6.07) is 0. The molecule has 2 aliphatic carbocycles. The van der Waals surface area contributed by atoms with Crippen molar-refractivity contribution in [2.45, 2.75) is 32.1 Å². The van der Waals surface area contributed by atoms with Crippen LogP contribution in [0.4, 0.5) is 0 Å². The molecule has 0 saturated heterocycles. The van der Waals surface area contributed by atoms with Crippen molar-refractivity contribution >= 4 is 0 Å². The van der Waals surface area contributed by atoms with Gasteiger partial charge in [-0.15, -0.1) is 0 Å². The SMILES string of the molecule is CNCC1(Cc2ncnn2C)CC2CCC1C2. The van der Waals surface area contributed by atoms with E-state index < -0.39 is 0 Å². The number of nitrogens with zero attached hydrogens (tertiary/aromatic N) is 3. The third-order valence-corrected chi connectivity index (χ3v) is 4.95. The summed E-state index contributed by atoms with van der Waals surface area (Å²) in [6.45, 7) is 1.13. The first kappa shape index (κ1) is 11.2. The van der Waals surface area contributed by atoms with Gasteiger partial charge in [0, 0.05) is 20.0 Å². The molecule has 17 heavy (non-hydrogen) atoms. The molecule has 1 N–H and O–H groups in total. The lowest BCUT2D eigenvalue weighted by Gasteiger charge is -2.37. The van der Waals surface area contributed by atoms with Crippen LogP contribution in [0.3, 0.4) is 0 Å². The number of aromatic nitrogens is 3. The lowest BCUT2D eigenvalue weighted by Crippen LogP contribution is -2.40. The second-order valence-corrected chi connectivity index (χ2v) is 5.95. The minimum absolute atomic E-state index is 0.443. The number of hydrogen-bond acceptors (Lipinski definition) is 3. The van der Waals surface area contributed by atoms with Gasteiger partial charge in [-0.05, 0) is 43.6 Å².